The van der Waals surface area contributed by atoms with E-state index in [1.54, 1.807) is 41.8 Å². The standard InChI is InChI=1S/C27H21F3N8O2S/c1-2-32-26-36-15-22(41-26)16-5-7-20(8-6-16)40-25-34-13-19(14-35-25)37-24(39)38-21-10-18(27(28,29)30)12-33-23(21)17-4-3-9-31-11-17/h3-15H,2H2,1H3,(H,32,36)(H2,37,38,39). The second-order valence-corrected chi connectivity index (χ2v) is 9.41. The zero-order valence-corrected chi connectivity index (χ0v) is 22.1. The van der Waals surface area contributed by atoms with Gasteiger partial charge in [0.25, 0.3) is 0 Å². The molecule has 0 bridgehead atoms. The molecule has 1 aromatic carbocycles. The fraction of sp³-hybridized carbons (Fsp3) is 0.111. The molecule has 5 aromatic rings. The van der Waals surface area contributed by atoms with Crippen LogP contribution in [0.4, 0.5) is 34.5 Å². The maximum absolute atomic E-state index is 13.3. The molecule has 0 spiro atoms. The topological polar surface area (TPSA) is 127 Å². The van der Waals surface area contributed by atoms with Crippen LogP contribution in [0.5, 0.6) is 11.8 Å². The van der Waals surface area contributed by atoms with Crippen molar-refractivity contribution < 1.29 is 22.7 Å². The van der Waals surface area contributed by atoms with E-state index in [1.165, 1.54) is 24.8 Å². The number of ether oxygens (including phenoxy) is 1. The van der Waals surface area contributed by atoms with Crippen molar-refractivity contribution in [1.82, 2.24) is 24.9 Å². The highest BCUT2D eigenvalue weighted by atomic mass is 32.1. The van der Waals surface area contributed by atoms with Crippen LogP contribution < -0.4 is 20.7 Å². The number of aromatic nitrogens is 5. The molecule has 0 atom stereocenters. The fourth-order valence-electron chi connectivity index (χ4n) is 3.60. The summed E-state index contributed by atoms with van der Waals surface area (Å²) in [6.07, 6.45) is 3.41. The number of pyridine rings is 2. The van der Waals surface area contributed by atoms with Crippen LogP contribution >= 0.6 is 11.3 Å². The van der Waals surface area contributed by atoms with E-state index in [9.17, 15) is 18.0 Å². The number of amides is 2. The first-order chi connectivity index (χ1) is 19.8. The molecule has 5 rings (SSSR count). The first-order valence-corrected chi connectivity index (χ1v) is 13.0. The minimum atomic E-state index is -4.64. The maximum Gasteiger partial charge on any atom is 0.417 e. The minimum Gasteiger partial charge on any atom is -0.424 e. The number of carbonyl (C=O) groups is 1. The number of rotatable bonds is 8. The van der Waals surface area contributed by atoms with Gasteiger partial charge in [0.1, 0.15) is 5.75 Å². The molecule has 4 aromatic heterocycles. The lowest BCUT2D eigenvalue weighted by molar-refractivity contribution is -0.137. The van der Waals surface area contributed by atoms with E-state index in [2.05, 4.69) is 40.9 Å². The monoisotopic (exact) mass is 578 g/mol. The Morgan fingerprint density at radius 1 is 0.927 bits per heavy atom. The summed E-state index contributed by atoms with van der Waals surface area (Å²) in [5.74, 6) is 0.503. The molecule has 208 valence electrons. The van der Waals surface area contributed by atoms with E-state index in [0.717, 1.165) is 28.2 Å². The van der Waals surface area contributed by atoms with E-state index in [1.807, 2.05) is 19.1 Å². The predicted molar refractivity (Wildman–Crippen MR) is 149 cm³/mol. The number of alkyl halides is 3. The van der Waals surface area contributed by atoms with Crippen LogP contribution in [-0.4, -0.2) is 37.5 Å². The minimum absolute atomic E-state index is 0.0388. The zero-order valence-electron chi connectivity index (χ0n) is 21.3. The van der Waals surface area contributed by atoms with Crippen LogP contribution in [0, 0.1) is 0 Å². The lowest BCUT2D eigenvalue weighted by Gasteiger charge is -2.14. The van der Waals surface area contributed by atoms with Gasteiger partial charge >= 0.3 is 18.2 Å². The van der Waals surface area contributed by atoms with Gasteiger partial charge in [-0.3, -0.25) is 9.97 Å². The van der Waals surface area contributed by atoms with E-state index in [0.29, 0.717) is 17.5 Å². The van der Waals surface area contributed by atoms with Gasteiger partial charge in [0.2, 0.25) is 0 Å². The molecule has 0 aliphatic carbocycles. The number of nitrogens with one attached hydrogen (secondary N) is 3. The largest absolute Gasteiger partial charge is 0.424 e. The van der Waals surface area contributed by atoms with E-state index in [-0.39, 0.29) is 23.1 Å². The number of thiazole rings is 1. The van der Waals surface area contributed by atoms with Crippen LogP contribution in [0.15, 0.2) is 79.6 Å². The summed E-state index contributed by atoms with van der Waals surface area (Å²) in [6, 6.07) is 10.6. The van der Waals surface area contributed by atoms with Crippen LogP contribution in [0.3, 0.4) is 0 Å². The highest BCUT2D eigenvalue weighted by Crippen LogP contribution is 2.34. The molecule has 0 saturated carbocycles. The summed E-state index contributed by atoms with van der Waals surface area (Å²) < 4.78 is 45.6. The van der Waals surface area contributed by atoms with Crippen LogP contribution in [-0.2, 0) is 6.18 Å². The quantitative estimate of drug-likeness (QED) is 0.181. The summed E-state index contributed by atoms with van der Waals surface area (Å²) in [6.45, 7) is 2.80. The molecular weight excluding hydrogens is 557 g/mol. The third-order valence-electron chi connectivity index (χ3n) is 5.47. The molecule has 14 heteroatoms. The summed E-state index contributed by atoms with van der Waals surface area (Å²) in [7, 11) is 0. The molecule has 0 unspecified atom stereocenters. The molecule has 0 saturated heterocycles. The van der Waals surface area contributed by atoms with Crippen LogP contribution in [0.1, 0.15) is 12.5 Å². The number of nitrogens with zero attached hydrogens (tertiary/aromatic N) is 5. The van der Waals surface area contributed by atoms with Crippen molar-refractivity contribution in [2.24, 2.45) is 0 Å². The Balaban J connectivity index is 1.23. The second-order valence-electron chi connectivity index (χ2n) is 8.38. The molecule has 0 aliphatic heterocycles. The molecule has 0 aliphatic rings. The number of hydrogen-bond acceptors (Lipinski definition) is 9. The summed E-state index contributed by atoms with van der Waals surface area (Å²) >= 11 is 1.54. The average molecular weight is 579 g/mol. The molecule has 41 heavy (non-hydrogen) atoms. The Kier molecular flexibility index (Phi) is 8.01. The van der Waals surface area contributed by atoms with Gasteiger partial charge in [0, 0.05) is 36.9 Å². The average Bonchev–Trinajstić information content (AvgIpc) is 3.43. The first-order valence-electron chi connectivity index (χ1n) is 12.1. The van der Waals surface area contributed by atoms with Gasteiger partial charge in [-0.1, -0.05) is 11.3 Å². The second kappa shape index (κ2) is 12.0. The lowest BCUT2D eigenvalue weighted by Crippen LogP contribution is -2.21. The van der Waals surface area contributed by atoms with Gasteiger partial charge in [0.15, 0.2) is 5.13 Å². The lowest BCUT2D eigenvalue weighted by atomic mass is 10.1. The summed E-state index contributed by atoms with van der Waals surface area (Å²) in [5, 5.41) is 8.93. The zero-order chi connectivity index (χ0) is 28.8. The van der Waals surface area contributed by atoms with Crippen LogP contribution in [0.25, 0.3) is 21.7 Å². The highest BCUT2D eigenvalue weighted by molar-refractivity contribution is 7.18. The van der Waals surface area contributed by atoms with E-state index >= 15 is 0 Å². The molecule has 3 N–H and O–H groups in total. The number of carbonyl (C=O) groups excluding carboxylic acids is 1. The molecule has 0 radical (unpaired) electrons. The smallest absolute Gasteiger partial charge is 0.417 e. The SMILES string of the molecule is CCNc1ncc(-c2ccc(Oc3ncc(NC(=O)Nc4cc(C(F)(F)F)cnc4-c4cccnc4)cn3)cc2)s1. The van der Waals surface area contributed by atoms with Crippen molar-refractivity contribution in [2.45, 2.75) is 13.1 Å². The molecule has 2 amide bonds. The van der Waals surface area contributed by atoms with Crippen LogP contribution in [0.2, 0.25) is 0 Å². The fourth-order valence-corrected chi connectivity index (χ4v) is 4.49. The molecular formula is C27H21F3N8O2S. The number of urea groups is 1. The van der Waals surface area contributed by atoms with Crippen molar-refractivity contribution in [2.75, 3.05) is 22.5 Å². The third-order valence-corrected chi connectivity index (χ3v) is 6.47. The Morgan fingerprint density at radius 3 is 2.39 bits per heavy atom. The Bertz CT molecular complexity index is 1630. The van der Waals surface area contributed by atoms with Crippen molar-refractivity contribution >= 4 is 33.9 Å². The first kappa shape index (κ1) is 27.5. The molecule has 0 fully saturated rings. The van der Waals surface area contributed by atoms with Gasteiger partial charge < -0.3 is 20.7 Å². The van der Waals surface area contributed by atoms with Crippen molar-refractivity contribution in [3.05, 3.63) is 85.2 Å². The van der Waals surface area contributed by atoms with E-state index in [4.69, 9.17) is 4.74 Å². The van der Waals surface area contributed by atoms with E-state index < -0.39 is 17.8 Å². The third kappa shape index (κ3) is 6.91. The van der Waals surface area contributed by atoms with Gasteiger partial charge in [-0.15, -0.1) is 0 Å². The van der Waals surface area contributed by atoms with Gasteiger partial charge in [-0.05, 0) is 55.0 Å². The predicted octanol–water partition coefficient (Wildman–Crippen LogP) is 6.94. The summed E-state index contributed by atoms with van der Waals surface area (Å²) in [5.41, 5.74) is 0.567. The van der Waals surface area contributed by atoms with Crippen molar-refractivity contribution in [3.63, 3.8) is 0 Å². The Labute approximate surface area is 235 Å². The van der Waals surface area contributed by atoms with Gasteiger partial charge in [-0.25, -0.2) is 19.7 Å². The Morgan fingerprint density at radius 2 is 1.71 bits per heavy atom. The number of halogens is 3. The molecule has 4 heterocycles. The maximum atomic E-state index is 13.3. The van der Waals surface area contributed by atoms with Crippen molar-refractivity contribution in [1.29, 1.82) is 0 Å². The van der Waals surface area contributed by atoms with Crippen molar-refractivity contribution in [3.8, 4) is 33.5 Å². The number of benzene rings is 1. The normalized spacial score (nSPS) is 11.1. The van der Waals surface area contributed by atoms with Gasteiger partial charge in [-0.2, -0.15) is 13.2 Å². The molecule has 10 nitrogen and oxygen atoms in total. The number of anilines is 3. The Hall–Kier alpha value is -5.11. The highest BCUT2D eigenvalue weighted by Gasteiger charge is 2.32. The summed E-state index contributed by atoms with van der Waals surface area (Å²) in [4.78, 5) is 34.0. The number of hydrogen-bond donors (Lipinski definition) is 3. The van der Waals surface area contributed by atoms with Gasteiger partial charge in [0.05, 0.1) is 39.9 Å².